The largest absolute Gasteiger partial charge is 0.342 e. The molecular formula is C26H29N3O2S. The molecule has 0 saturated carbocycles. The lowest BCUT2D eigenvalue weighted by atomic mass is 9.94. The van der Waals surface area contributed by atoms with E-state index in [0.29, 0.717) is 18.7 Å². The van der Waals surface area contributed by atoms with Crippen molar-refractivity contribution in [3.8, 4) is 6.07 Å². The van der Waals surface area contributed by atoms with Crippen molar-refractivity contribution >= 4 is 23.6 Å². The lowest BCUT2D eigenvalue weighted by Gasteiger charge is -2.35. The molecule has 6 heteroatoms. The molecule has 2 saturated heterocycles. The van der Waals surface area contributed by atoms with Crippen molar-refractivity contribution < 1.29 is 9.59 Å². The summed E-state index contributed by atoms with van der Waals surface area (Å²) in [6.07, 6.45) is 4.95. The Kier molecular flexibility index (Phi) is 7.49. The number of benzene rings is 2. The molecule has 5 nitrogen and oxygen atoms in total. The summed E-state index contributed by atoms with van der Waals surface area (Å²) in [5, 5.41) is 8.95. The summed E-state index contributed by atoms with van der Waals surface area (Å²) in [6.45, 7) is 3.05. The van der Waals surface area contributed by atoms with Crippen LogP contribution in [0.2, 0.25) is 0 Å². The standard InChI is InChI=1S/C26H29N3O2S/c27-18-20-8-10-21(11-9-20)19-32-24-7-3-2-6-23(24)26(31)29-16-12-22(13-17-29)25(30)28-14-4-1-5-15-28/h2-3,6-11,22H,1,4-5,12-17,19H2. The molecule has 0 N–H and O–H groups in total. The van der Waals surface area contributed by atoms with Crippen molar-refractivity contribution in [3.63, 3.8) is 0 Å². The topological polar surface area (TPSA) is 64.4 Å². The van der Waals surface area contributed by atoms with Gasteiger partial charge in [-0.2, -0.15) is 5.26 Å². The molecule has 2 amide bonds. The van der Waals surface area contributed by atoms with Gasteiger partial charge in [-0.3, -0.25) is 9.59 Å². The van der Waals surface area contributed by atoms with E-state index in [4.69, 9.17) is 5.26 Å². The second kappa shape index (κ2) is 10.7. The van der Waals surface area contributed by atoms with E-state index in [-0.39, 0.29) is 17.7 Å². The van der Waals surface area contributed by atoms with Crippen LogP contribution in [0.1, 0.15) is 53.6 Å². The van der Waals surface area contributed by atoms with E-state index in [0.717, 1.165) is 60.5 Å². The Bertz CT molecular complexity index is 985. The first kappa shape index (κ1) is 22.4. The molecule has 166 valence electrons. The first-order valence-electron chi connectivity index (χ1n) is 11.4. The summed E-state index contributed by atoms with van der Waals surface area (Å²) >= 11 is 1.64. The predicted molar refractivity (Wildman–Crippen MR) is 126 cm³/mol. The molecule has 2 aliphatic heterocycles. The third-order valence-electron chi connectivity index (χ3n) is 6.39. The third kappa shape index (κ3) is 5.34. The SMILES string of the molecule is N#Cc1ccc(CSc2ccccc2C(=O)N2CCC(C(=O)N3CCCCC3)CC2)cc1. The number of amides is 2. The van der Waals surface area contributed by atoms with Crippen LogP contribution in [0.25, 0.3) is 0 Å². The molecule has 32 heavy (non-hydrogen) atoms. The van der Waals surface area contributed by atoms with Crippen LogP contribution < -0.4 is 0 Å². The Morgan fingerprint density at radius 1 is 0.906 bits per heavy atom. The number of hydrogen-bond acceptors (Lipinski definition) is 4. The van der Waals surface area contributed by atoms with Gasteiger partial charge in [0.25, 0.3) is 5.91 Å². The highest BCUT2D eigenvalue weighted by atomic mass is 32.2. The number of carbonyl (C=O) groups is 2. The number of piperidine rings is 2. The van der Waals surface area contributed by atoms with Gasteiger partial charge in [-0.1, -0.05) is 24.3 Å². The molecule has 0 aliphatic carbocycles. The highest BCUT2D eigenvalue weighted by molar-refractivity contribution is 7.98. The summed E-state index contributed by atoms with van der Waals surface area (Å²) in [5.74, 6) is 1.13. The predicted octanol–water partition coefficient (Wildman–Crippen LogP) is 4.72. The average Bonchev–Trinajstić information content (AvgIpc) is 2.87. The van der Waals surface area contributed by atoms with Crippen LogP contribution in [0.4, 0.5) is 0 Å². The maximum atomic E-state index is 13.3. The Balaban J connectivity index is 1.35. The minimum atomic E-state index is 0.0526. The van der Waals surface area contributed by atoms with Crippen LogP contribution in [0, 0.1) is 17.2 Å². The molecule has 2 heterocycles. The van der Waals surface area contributed by atoms with Gasteiger partial charge in [0.2, 0.25) is 5.91 Å². The lowest BCUT2D eigenvalue weighted by molar-refractivity contribution is -0.137. The van der Waals surface area contributed by atoms with Crippen molar-refractivity contribution in [2.24, 2.45) is 5.92 Å². The van der Waals surface area contributed by atoms with Crippen molar-refractivity contribution in [2.75, 3.05) is 26.2 Å². The number of likely N-dealkylation sites (tertiary alicyclic amines) is 2. The smallest absolute Gasteiger partial charge is 0.254 e. The highest BCUT2D eigenvalue weighted by Crippen LogP contribution is 2.29. The third-order valence-corrected chi connectivity index (χ3v) is 7.54. The second-order valence-corrected chi connectivity index (χ2v) is 9.56. The molecular weight excluding hydrogens is 418 g/mol. The van der Waals surface area contributed by atoms with Crippen LogP contribution in [-0.2, 0) is 10.5 Å². The van der Waals surface area contributed by atoms with Crippen LogP contribution >= 0.6 is 11.8 Å². The van der Waals surface area contributed by atoms with Crippen LogP contribution in [-0.4, -0.2) is 47.8 Å². The highest BCUT2D eigenvalue weighted by Gasteiger charge is 2.31. The second-order valence-electron chi connectivity index (χ2n) is 8.55. The Morgan fingerprint density at radius 3 is 2.28 bits per heavy atom. The van der Waals surface area contributed by atoms with Gasteiger partial charge in [-0.15, -0.1) is 11.8 Å². The Morgan fingerprint density at radius 2 is 1.59 bits per heavy atom. The fourth-order valence-corrected chi connectivity index (χ4v) is 5.48. The van der Waals surface area contributed by atoms with Crippen LogP contribution in [0.15, 0.2) is 53.4 Å². The van der Waals surface area contributed by atoms with Crippen LogP contribution in [0.5, 0.6) is 0 Å². The first-order chi connectivity index (χ1) is 15.7. The number of hydrogen-bond donors (Lipinski definition) is 0. The van der Waals surface area contributed by atoms with Gasteiger partial charge in [0, 0.05) is 42.7 Å². The minimum absolute atomic E-state index is 0.0526. The number of thioether (sulfide) groups is 1. The zero-order chi connectivity index (χ0) is 22.3. The molecule has 0 radical (unpaired) electrons. The summed E-state index contributed by atoms with van der Waals surface area (Å²) < 4.78 is 0. The quantitative estimate of drug-likeness (QED) is 0.623. The molecule has 0 atom stereocenters. The van der Waals surface area contributed by atoms with Gasteiger partial charge in [0.1, 0.15) is 0 Å². The summed E-state index contributed by atoms with van der Waals surface area (Å²) in [5.41, 5.74) is 2.50. The van der Waals surface area contributed by atoms with Gasteiger partial charge >= 0.3 is 0 Å². The van der Waals surface area contributed by atoms with E-state index in [9.17, 15) is 9.59 Å². The molecule has 2 aromatic carbocycles. The summed E-state index contributed by atoms with van der Waals surface area (Å²) in [6, 6.07) is 17.5. The minimum Gasteiger partial charge on any atom is -0.342 e. The van der Waals surface area contributed by atoms with E-state index in [2.05, 4.69) is 6.07 Å². The first-order valence-corrected chi connectivity index (χ1v) is 12.4. The number of carbonyl (C=O) groups excluding carboxylic acids is 2. The Hall–Kier alpha value is -2.78. The molecule has 0 spiro atoms. The van der Waals surface area contributed by atoms with Crippen molar-refractivity contribution in [2.45, 2.75) is 42.8 Å². The zero-order valence-corrected chi connectivity index (χ0v) is 19.2. The monoisotopic (exact) mass is 447 g/mol. The summed E-state index contributed by atoms with van der Waals surface area (Å²) in [4.78, 5) is 31.0. The molecule has 0 unspecified atom stereocenters. The van der Waals surface area contributed by atoms with Crippen LogP contribution in [0.3, 0.4) is 0 Å². The number of rotatable bonds is 5. The van der Waals surface area contributed by atoms with E-state index in [1.165, 1.54) is 6.42 Å². The normalized spacial score (nSPS) is 17.1. The zero-order valence-electron chi connectivity index (χ0n) is 18.3. The van der Waals surface area contributed by atoms with Crippen molar-refractivity contribution in [3.05, 3.63) is 65.2 Å². The fourth-order valence-electron chi connectivity index (χ4n) is 4.48. The van der Waals surface area contributed by atoms with Crippen molar-refractivity contribution in [1.82, 2.24) is 9.80 Å². The van der Waals surface area contributed by atoms with Gasteiger partial charge < -0.3 is 9.80 Å². The van der Waals surface area contributed by atoms with Crippen molar-refractivity contribution in [1.29, 1.82) is 5.26 Å². The van der Waals surface area contributed by atoms with E-state index < -0.39 is 0 Å². The molecule has 2 aromatic rings. The summed E-state index contributed by atoms with van der Waals surface area (Å²) in [7, 11) is 0. The van der Waals surface area contributed by atoms with Gasteiger partial charge in [0.15, 0.2) is 0 Å². The maximum absolute atomic E-state index is 13.3. The molecule has 2 aliphatic rings. The maximum Gasteiger partial charge on any atom is 0.254 e. The van der Waals surface area contributed by atoms with E-state index in [1.807, 2.05) is 58.3 Å². The average molecular weight is 448 g/mol. The molecule has 0 aromatic heterocycles. The van der Waals surface area contributed by atoms with Gasteiger partial charge in [-0.25, -0.2) is 0 Å². The molecule has 0 bridgehead atoms. The number of nitriles is 1. The fraction of sp³-hybridized carbons (Fsp3) is 0.423. The number of nitrogens with zero attached hydrogens (tertiary/aromatic N) is 3. The van der Waals surface area contributed by atoms with Gasteiger partial charge in [-0.05, 0) is 61.9 Å². The van der Waals surface area contributed by atoms with E-state index in [1.54, 1.807) is 11.8 Å². The molecule has 4 rings (SSSR count). The molecule has 2 fully saturated rings. The van der Waals surface area contributed by atoms with Gasteiger partial charge in [0.05, 0.1) is 17.2 Å². The Labute approximate surface area is 194 Å². The van der Waals surface area contributed by atoms with E-state index >= 15 is 0 Å². The lowest BCUT2D eigenvalue weighted by Crippen LogP contribution is -2.45.